The van der Waals surface area contributed by atoms with E-state index < -0.39 is 0 Å². The van der Waals surface area contributed by atoms with Gasteiger partial charge in [-0.05, 0) is 49.6 Å². The van der Waals surface area contributed by atoms with E-state index in [0.29, 0.717) is 35.2 Å². The first-order valence-corrected chi connectivity index (χ1v) is 10.6. The highest BCUT2D eigenvalue weighted by atomic mass is 35.5. The highest BCUT2D eigenvalue weighted by Crippen LogP contribution is 2.36. The van der Waals surface area contributed by atoms with Gasteiger partial charge in [0.25, 0.3) is 5.91 Å². The maximum atomic E-state index is 12.6. The van der Waals surface area contributed by atoms with Gasteiger partial charge in [-0.2, -0.15) is 0 Å². The van der Waals surface area contributed by atoms with Gasteiger partial charge in [0.2, 0.25) is 5.91 Å². The minimum atomic E-state index is -0.279. The summed E-state index contributed by atoms with van der Waals surface area (Å²) in [6.07, 6.45) is 4.14. The summed E-state index contributed by atoms with van der Waals surface area (Å²) in [5.41, 5.74) is 2.01. The Balaban J connectivity index is 1.63. The van der Waals surface area contributed by atoms with Crippen LogP contribution in [-0.2, 0) is 11.3 Å². The number of hydrogen-bond acceptors (Lipinski definition) is 4. The minimum absolute atomic E-state index is 0.0739. The van der Waals surface area contributed by atoms with Gasteiger partial charge < -0.3 is 20.1 Å². The number of amides is 2. The van der Waals surface area contributed by atoms with Crippen LogP contribution < -0.4 is 20.1 Å². The quantitative estimate of drug-likeness (QED) is 0.630. The summed E-state index contributed by atoms with van der Waals surface area (Å²) in [7, 11) is 1.50. The molecule has 0 saturated heterocycles. The van der Waals surface area contributed by atoms with Crippen molar-refractivity contribution >= 4 is 29.1 Å². The number of ether oxygens (including phenoxy) is 2. The number of hydrogen-bond donors (Lipinski definition) is 2. The van der Waals surface area contributed by atoms with Crippen molar-refractivity contribution in [1.29, 1.82) is 0 Å². The zero-order valence-electron chi connectivity index (χ0n) is 17.3. The average molecular weight is 431 g/mol. The van der Waals surface area contributed by atoms with Crippen molar-refractivity contribution in [2.75, 3.05) is 19.0 Å². The second kappa shape index (κ2) is 10.3. The summed E-state index contributed by atoms with van der Waals surface area (Å²) < 4.78 is 10.8. The SMILES string of the molecule is CCOc1c(Cl)cc(C(=O)NCc2cccc(NC(=O)C3CCCC3)c2)cc1OC. The van der Waals surface area contributed by atoms with Gasteiger partial charge in [0, 0.05) is 23.7 Å². The van der Waals surface area contributed by atoms with Gasteiger partial charge in [-0.1, -0.05) is 36.6 Å². The predicted molar refractivity (Wildman–Crippen MR) is 117 cm³/mol. The second-order valence-corrected chi connectivity index (χ2v) is 7.68. The van der Waals surface area contributed by atoms with Gasteiger partial charge >= 0.3 is 0 Å². The van der Waals surface area contributed by atoms with Crippen LogP contribution in [0.25, 0.3) is 0 Å². The molecule has 0 aliphatic heterocycles. The maximum Gasteiger partial charge on any atom is 0.251 e. The fourth-order valence-electron chi connectivity index (χ4n) is 3.61. The second-order valence-electron chi connectivity index (χ2n) is 7.28. The third-order valence-corrected chi connectivity index (χ3v) is 5.43. The van der Waals surface area contributed by atoms with Gasteiger partial charge in [-0.3, -0.25) is 9.59 Å². The molecule has 1 fully saturated rings. The molecule has 1 aliphatic carbocycles. The summed E-state index contributed by atoms with van der Waals surface area (Å²) in [5.74, 6) is 0.728. The summed E-state index contributed by atoms with van der Waals surface area (Å²) >= 11 is 6.25. The van der Waals surface area contributed by atoms with E-state index >= 15 is 0 Å². The Labute approximate surface area is 181 Å². The molecule has 1 aliphatic rings. The van der Waals surface area contributed by atoms with E-state index in [2.05, 4.69) is 10.6 Å². The maximum absolute atomic E-state index is 12.6. The van der Waals surface area contributed by atoms with Crippen LogP contribution in [0.2, 0.25) is 5.02 Å². The first-order valence-electron chi connectivity index (χ1n) is 10.2. The van der Waals surface area contributed by atoms with Crippen LogP contribution in [0.3, 0.4) is 0 Å². The molecule has 0 unspecified atom stereocenters. The van der Waals surface area contributed by atoms with E-state index in [1.807, 2.05) is 31.2 Å². The lowest BCUT2D eigenvalue weighted by Crippen LogP contribution is -2.23. The fourth-order valence-corrected chi connectivity index (χ4v) is 3.88. The Kier molecular flexibility index (Phi) is 7.57. The molecule has 0 atom stereocenters. The summed E-state index contributed by atoms with van der Waals surface area (Å²) in [5, 5.41) is 6.18. The lowest BCUT2D eigenvalue weighted by molar-refractivity contribution is -0.119. The van der Waals surface area contributed by atoms with Gasteiger partial charge in [-0.25, -0.2) is 0 Å². The molecule has 3 rings (SSSR count). The van der Waals surface area contributed by atoms with Crippen LogP contribution >= 0.6 is 11.6 Å². The van der Waals surface area contributed by atoms with E-state index in [4.69, 9.17) is 21.1 Å². The summed E-state index contributed by atoms with van der Waals surface area (Å²) in [6.45, 7) is 2.61. The fraction of sp³-hybridized carbons (Fsp3) is 0.391. The van der Waals surface area contributed by atoms with Crippen molar-refractivity contribution in [3.05, 3.63) is 52.5 Å². The van der Waals surface area contributed by atoms with E-state index in [0.717, 1.165) is 36.9 Å². The number of carbonyl (C=O) groups is 2. The molecule has 30 heavy (non-hydrogen) atoms. The van der Waals surface area contributed by atoms with E-state index in [1.54, 1.807) is 12.1 Å². The summed E-state index contributed by atoms with van der Waals surface area (Å²) in [6, 6.07) is 10.7. The normalized spacial score (nSPS) is 13.7. The molecule has 0 spiro atoms. The summed E-state index contributed by atoms with van der Waals surface area (Å²) in [4.78, 5) is 24.9. The minimum Gasteiger partial charge on any atom is -0.493 e. The number of halogens is 1. The van der Waals surface area contributed by atoms with Gasteiger partial charge in [0.05, 0.1) is 18.7 Å². The molecular formula is C23H27ClN2O4. The van der Waals surface area contributed by atoms with Crippen molar-refractivity contribution < 1.29 is 19.1 Å². The number of methoxy groups -OCH3 is 1. The molecule has 1 saturated carbocycles. The number of rotatable bonds is 8. The highest BCUT2D eigenvalue weighted by molar-refractivity contribution is 6.32. The van der Waals surface area contributed by atoms with E-state index in [-0.39, 0.29) is 17.7 Å². The zero-order chi connectivity index (χ0) is 21.5. The highest BCUT2D eigenvalue weighted by Gasteiger charge is 2.22. The molecule has 2 aromatic rings. The van der Waals surface area contributed by atoms with Crippen LogP contribution in [0.15, 0.2) is 36.4 Å². The number of carbonyl (C=O) groups excluding carboxylic acids is 2. The van der Waals surface area contributed by atoms with Crippen molar-refractivity contribution in [2.24, 2.45) is 5.92 Å². The molecule has 2 amide bonds. The average Bonchev–Trinajstić information content (AvgIpc) is 3.29. The molecule has 0 heterocycles. The zero-order valence-corrected chi connectivity index (χ0v) is 18.1. The predicted octanol–water partition coefficient (Wildman–Crippen LogP) is 4.81. The molecule has 7 heteroatoms. The first-order chi connectivity index (χ1) is 14.5. The van der Waals surface area contributed by atoms with Gasteiger partial charge in [0.1, 0.15) is 0 Å². The standard InChI is InChI=1S/C23H27ClN2O4/c1-3-30-21-19(24)12-17(13-20(21)29-2)22(27)25-14-15-7-6-10-18(11-15)26-23(28)16-8-4-5-9-16/h6-7,10-13,16H,3-5,8-9,14H2,1-2H3,(H,25,27)(H,26,28). The molecule has 2 aromatic carbocycles. The smallest absolute Gasteiger partial charge is 0.251 e. The Morgan fingerprint density at radius 1 is 1.17 bits per heavy atom. The third-order valence-electron chi connectivity index (χ3n) is 5.15. The Hall–Kier alpha value is -2.73. The molecule has 2 N–H and O–H groups in total. The number of anilines is 1. The Morgan fingerprint density at radius 3 is 2.63 bits per heavy atom. The van der Waals surface area contributed by atoms with Crippen LogP contribution in [0, 0.1) is 5.92 Å². The van der Waals surface area contributed by atoms with E-state index in [1.165, 1.54) is 7.11 Å². The van der Waals surface area contributed by atoms with Crippen LogP contribution in [0.5, 0.6) is 11.5 Å². The monoisotopic (exact) mass is 430 g/mol. The van der Waals surface area contributed by atoms with Crippen LogP contribution in [0.1, 0.15) is 48.5 Å². The van der Waals surface area contributed by atoms with Gasteiger partial charge in [0.15, 0.2) is 11.5 Å². The topological polar surface area (TPSA) is 76.7 Å². The molecule has 6 nitrogen and oxygen atoms in total. The number of benzene rings is 2. The Morgan fingerprint density at radius 2 is 1.93 bits per heavy atom. The molecule has 0 radical (unpaired) electrons. The van der Waals surface area contributed by atoms with Crippen LogP contribution in [-0.4, -0.2) is 25.5 Å². The van der Waals surface area contributed by atoms with Crippen molar-refractivity contribution in [3.63, 3.8) is 0 Å². The molecule has 160 valence electrons. The molecule has 0 bridgehead atoms. The van der Waals surface area contributed by atoms with Crippen molar-refractivity contribution in [1.82, 2.24) is 5.32 Å². The van der Waals surface area contributed by atoms with Gasteiger partial charge in [-0.15, -0.1) is 0 Å². The lowest BCUT2D eigenvalue weighted by atomic mass is 10.1. The first kappa shape index (κ1) is 22.0. The van der Waals surface area contributed by atoms with Crippen molar-refractivity contribution in [2.45, 2.75) is 39.2 Å². The lowest BCUT2D eigenvalue weighted by Gasteiger charge is -2.14. The van der Waals surface area contributed by atoms with Crippen molar-refractivity contribution in [3.8, 4) is 11.5 Å². The Bertz CT molecular complexity index is 910. The van der Waals surface area contributed by atoms with Crippen LogP contribution in [0.4, 0.5) is 5.69 Å². The van der Waals surface area contributed by atoms with E-state index in [9.17, 15) is 9.59 Å². The largest absolute Gasteiger partial charge is 0.493 e. The third kappa shape index (κ3) is 5.45. The number of nitrogens with one attached hydrogen (secondary N) is 2. The molecule has 0 aromatic heterocycles. The molecular weight excluding hydrogens is 404 g/mol.